The lowest BCUT2D eigenvalue weighted by molar-refractivity contribution is 0.388. The van der Waals surface area contributed by atoms with Gasteiger partial charge < -0.3 is 4.90 Å². The number of rotatable bonds is 2. The largest absolute Gasteiger partial charge is 0.354 e. The van der Waals surface area contributed by atoms with Gasteiger partial charge in [-0.15, -0.1) is 0 Å². The number of nitrogens with zero attached hydrogens (tertiary/aromatic N) is 3. The first-order valence-corrected chi connectivity index (χ1v) is 6.67. The van der Waals surface area contributed by atoms with E-state index in [-0.39, 0.29) is 0 Å². The van der Waals surface area contributed by atoms with E-state index in [2.05, 4.69) is 16.1 Å². The molecule has 0 bridgehead atoms. The molecule has 5 nitrogen and oxygen atoms in total. The van der Waals surface area contributed by atoms with Crippen LogP contribution in [-0.4, -0.2) is 43.9 Å². The van der Waals surface area contributed by atoms with Crippen LogP contribution in [0.3, 0.4) is 0 Å². The maximum atomic E-state index is 11.2. The van der Waals surface area contributed by atoms with Crippen LogP contribution in [0.15, 0.2) is 24.4 Å². The van der Waals surface area contributed by atoms with Gasteiger partial charge >= 0.3 is 0 Å². The molecule has 16 heavy (non-hydrogen) atoms. The van der Waals surface area contributed by atoms with Gasteiger partial charge in [0, 0.05) is 32.4 Å². The monoisotopic (exact) mass is 240 g/mol. The molecule has 6 heteroatoms. The number of hydrogen-bond donors (Lipinski definition) is 0. The van der Waals surface area contributed by atoms with Gasteiger partial charge in [-0.25, -0.2) is 13.4 Å². The third-order valence-electron chi connectivity index (χ3n) is 2.61. The Morgan fingerprint density at radius 1 is 1.19 bits per heavy atom. The molecule has 0 aromatic carbocycles. The Labute approximate surface area is 95.8 Å². The highest BCUT2D eigenvalue weighted by Crippen LogP contribution is 2.13. The first-order chi connectivity index (χ1) is 7.57. The van der Waals surface area contributed by atoms with E-state index in [4.69, 9.17) is 0 Å². The van der Waals surface area contributed by atoms with Crippen LogP contribution >= 0.6 is 0 Å². The lowest BCUT2D eigenvalue weighted by Gasteiger charge is -2.33. The van der Waals surface area contributed by atoms with Gasteiger partial charge in [0.2, 0.25) is 10.0 Å². The van der Waals surface area contributed by atoms with E-state index in [1.165, 1.54) is 4.31 Å². The van der Waals surface area contributed by atoms with Crippen LogP contribution < -0.4 is 4.90 Å². The second kappa shape index (κ2) is 4.39. The number of hydrogen-bond acceptors (Lipinski definition) is 4. The molecule has 2 rings (SSSR count). The Kier molecular flexibility index (Phi) is 3.11. The molecule has 0 spiro atoms. The van der Waals surface area contributed by atoms with E-state index in [1.54, 1.807) is 6.20 Å². The number of aromatic nitrogens is 1. The van der Waals surface area contributed by atoms with Crippen molar-refractivity contribution in [1.29, 1.82) is 0 Å². The van der Waals surface area contributed by atoms with Crippen LogP contribution in [0, 0.1) is 6.26 Å². The van der Waals surface area contributed by atoms with Crippen molar-refractivity contribution in [3.8, 4) is 0 Å². The highest BCUT2D eigenvalue weighted by molar-refractivity contribution is 7.90. The molecule has 1 radical (unpaired) electrons. The summed E-state index contributed by atoms with van der Waals surface area (Å²) < 4.78 is 23.8. The van der Waals surface area contributed by atoms with Gasteiger partial charge in [0.25, 0.3) is 0 Å². The lowest BCUT2D eigenvalue weighted by atomic mass is 10.3. The second-order valence-electron chi connectivity index (χ2n) is 3.69. The predicted octanol–water partition coefficient (Wildman–Crippen LogP) is 0.325. The van der Waals surface area contributed by atoms with Gasteiger partial charge in [-0.1, -0.05) is 6.07 Å². The number of sulfonamides is 1. The summed E-state index contributed by atoms with van der Waals surface area (Å²) in [5.74, 6) is 0.892. The molecule has 0 N–H and O–H groups in total. The lowest BCUT2D eigenvalue weighted by Crippen LogP contribution is -2.48. The molecule has 0 unspecified atom stereocenters. The zero-order chi connectivity index (χ0) is 11.6. The van der Waals surface area contributed by atoms with Crippen LogP contribution in [0.5, 0.6) is 0 Å². The van der Waals surface area contributed by atoms with Gasteiger partial charge in [-0.3, -0.25) is 0 Å². The zero-order valence-corrected chi connectivity index (χ0v) is 9.73. The van der Waals surface area contributed by atoms with Crippen molar-refractivity contribution >= 4 is 15.8 Å². The van der Waals surface area contributed by atoms with Crippen molar-refractivity contribution in [2.75, 3.05) is 31.1 Å². The summed E-state index contributed by atoms with van der Waals surface area (Å²) in [4.78, 5) is 6.30. The summed E-state index contributed by atoms with van der Waals surface area (Å²) in [7, 11) is -3.30. The first-order valence-electron chi connectivity index (χ1n) is 5.06. The third kappa shape index (κ3) is 2.51. The van der Waals surface area contributed by atoms with Crippen molar-refractivity contribution in [2.45, 2.75) is 0 Å². The Morgan fingerprint density at radius 2 is 1.88 bits per heavy atom. The fourth-order valence-electron chi connectivity index (χ4n) is 1.74. The zero-order valence-electron chi connectivity index (χ0n) is 8.91. The summed E-state index contributed by atoms with van der Waals surface area (Å²) >= 11 is 0. The van der Waals surface area contributed by atoms with Gasteiger partial charge in [-0.2, -0.15) is 4.31 Å². The van der Waals surface area contributed by atoms with E-state index in [0.717, 1.165) is 5.82 Å². The average Bonchev–Trinajstić information content (AvgIpc) is 2.29. The minimum Gasteiger partial charge on any atom is -0.354 e. The molecule has 1 aliphatic rings. The van der Waals surface area contributed by atoms with Crippen LogP contribution in [-0.2, 0) is 10.0 Å². The van der Waals surface area contributed by atoms with Crippen LogP contribution in [0.25, 0.3) is 0 Å². The van der Waals surface area contributed by atoms with Crippen molar-refractivity contribution in [3.05, 3.63) is 30.7 Å². The highest BCUT2D eigenvalue weighted by atomic mass is 32.2. The molecule has 0 aliphatic carbocycles. The van der Waals surface area contributed by atoms with Gasteiger partial charge in [0.1, 0.15) is 5.82 Å². The van der Waals surface area contributed by atoms with Gasteiger partial charge in [0.15, 0.2) is 0 Å². The minimum absolute atomic E-state index is 0.475. The van der Waals surface area contributed by atoms with E-state index in [0.29, 0.717) is 26.2 Å². The fourth-order valence-corrected chi connectivity index (χ4v) is 2.46. The minimum atomic E-state index is -3.30. The van der Waals surface area contributed by atoms with Gasteiger partial charge in [0.05, 0.1) is 6.26 Å². The quantitative estimate of drug-likeness (QED) is 0.747. The molecule has 1 aliphatic heterocycles. The molecule has 2 heterocycles. The van der Waals surface area contributed by atoms with E-state index in [1.807, 2.05) is 18.2 Å². The molecule has 1 fully saturated rings. The Bertz CT molecular complexity index is 438. The number of anilines is 1. The first kappa shape index (κ1) is 11.3. The molecular formula is C10H14N3O2S. The van der Waals surface area contributed by atoms with Crippen molar-refractivity contribution < 1.29 is 8.42 Å². The smallest absolute Gasteiger partial charge is 0.215 e. The Hall–Kier alpha value is -1.14. The molecule has 0 saturated carbocycles. The summed E-state index contributed by atoms with van der Waals surface area (Å²) in [5, 5.41) is 0. The highest BCUT2D eigenvalue weighted by Gasteiger charge is 2.23. The van der Waals surface area contributed by atoms with Crippen LogP contribution in [0.1, 0.15) is 0 Å². The maximum absolute atomic E-state index is 11.2. The summed E-state index contributed by atoms with van der Waals surface area (Å²) in [6.07, 6.45) is 4.89. The molecule has 1 aromatic heterocycles. The summed E-state index contributed by atoms with van der Waals surface area (Å²) in [5.41, 5.74) is 0. The average molecular weight is 240 g/mol. The topological polar surface area (TPSA) is 53.5 Å². The SMILES string of the molecule is [CH2]S(=O)(=O)N1CCN(c2ccccn2)CC1. The van der Waals surface area contributed by atoms with Crippen LogP contribution in [0.2, 0.25) is 0 Å². The molecular weight excluding hydrogens is 226 g/mol. The van der Waals surface area contributed by atoms with Crippen molar-refractivity contribution in [3.63, 3.8) is 0 Å². The summed E-state index contributed by atoms with van der Waals surface area (Å²) in [6, 6.07) is 5.71. The molecule has 0 atom stereocenters. The molecule has 87 valence electrons. The maximum Gasteiger partial charge on any atom is 0.215 e. The second-order valence-corrected chi connectivity index (χ2v) is 5.37. The molecule has 1 aromatic rings. The molecule has 1 saturated heterocycles. The normalized spacial score (nSPS) is 18.7. The third-order valence-corrected chi connectivity index (χ3v) is 3.76. The Balaban J connectivity index is 2.01. The Morgan fingerprint density at radius 3 is 2.38 bits per heavy atom. The van der Waals surface area contributed by atoms with Crippen molar-refractivity contribution in [1.82, 2.24) is 9.29 Å². The number of piperazine rings is 1. The summed E-state index contributed by atoms with van der Waals surface area (Å²) in [6.45, 7) is 2.27. The predicted molar refractivity (Wildman–Crippen MR) is 62.3 cm³/mol. The van der Waals surface area contributed by atoms with E-state index in [9.17, 15) is 8.42 Å². The van der Waals surface area contributed by atoms with E-state index < -0.39 is 10.0 Å². The number of pyridine rings is 1. The molecule has 0 amide bonds. The van der Waals surface area contributed by atoms with Gasteiger partial charge in [-0.05, 0) is 12.1 Å². The van der Waals surface area contributed by atoms with Crippen LogP contribution in [0.4, 0.5) is 5.82 Å². The fraction of sp³-hybridized carbons (Fsp3) is 0.400. The van der Waals surface area contributed by atoms with E-state index >= 15 is 0 Å². The van der Waals surface area contributed by atoms with Crippen molar-refractivity contribution in [2.24, 2.45) is 0 Å². The standard InChI is InChI=1S/C10H14N3O2S/c1-16(14,15)13-8-6-12(7-9-13)10-4-2-3-5-11-10/h2-5H,1,6-9H2.